The molecule has 0 saturated carbocycles. The molecule has 2 aromatic rings. The third-order valence-electron chi connectivity index (χ3n) is 9.36. The Kier molecular flexibility index (Phi) is 9.99. The van der Waals surface area contributed by atoms with Crippen molar-refractivity contribution < 1.29 is 24.2 Å². The van der Waals surface area contributed by atoms with E-state index in [0.29, 0.717) is 29.5 Å². The smallest absolute Gasteiger partial charge is 0.457 e. The molecule has 1 N–H and O–H groups in total. The van der Waals surface area contributed by atoms with E-state index >= 15 is 0 Å². The number of hydrogen-bond donors (Lipinski definition) is 1. The first-order valence-corrected chi connectivity index (χ1v) is 17.2. The summed E-state index contributed by atoms with van der Waals surface area (Å²) < 4.78 is 5.13. The average Bonchev–Trinajstić information content (AvgIpc) is 3.47. The molecule has 0 unspecified atom stereocenters. The van der Waals surface area contributed by atoms with Crippen LogP contribution in [0, 0.1) is 0 Å². The zero-order chi connectivity index (χ0) is 31.5. The molecule has 5 rings (SSSR count). The van der Waals surface area contributed by atoms with Gasteiger partial charge in [-0.1, -0.05) is 31.7 Å². The van der Waals surface area contributed by atoms with Crippen molar-refractivity contribution in [1.29, 1.82) is 0 Å². The van der Waals surface area contributed by atoms with Gasteiger partial charge < -0.3 is 14.7 Å². The zero-order valence-corrected chi connectivity index (χ0v) is 27.6. The third-order valence-corrected chi connectivity index (χ3v) is 10.5. The predicted octanol–water partition coefficient (Wildman–Crippen LogP) is 6.13. The number of esters is 1. The van der Waals surface area contributed by atoms with Gasteiger partial charge in [0.25, 0.3) is 5.91 Å². The molecule has 0 aliphatic carbocycles. The lowest BCUT2D eigenvalue weighted by Crippen LogP contribution is -2.63. The number of cyclic esters (lactones) is 1. The molecule has 3 aliphatic heterocycles. The van der Waals surface area contributed by atoms with Gasteiger partial charge in [0, 0.05) is 36.2 Å². The van der Waals surface area contributed by atoms with Crippen LogP contribution in [0.5, 0.6) is 0 Å². The Morgan fingerprint density at radius 2 is 1.68 bits per heavy atom. The highest BCUT2D eigenvalue weighted by molar-refractivity contribution is 7.98. The fourth-order valence-corrected chi connectivity index (χ4v) is 7.48. The number of anilines is 1. The van der Waals surface area contributed by atoms with Gasteiger partial charge in [0.15, 0.2) is 5.11 Å². The van der Waals surface area contributed by atoms with Crippen molar-refractivity contribution in [3.05, 3.63) is 53.6 Å². The number of piperazine rings is 1. The monoisotopic (exact) mass is 639 g/mol. The lowest BCUT2D eigenvalue weighted by molar-refractivity contribution is -0.123. The van der Waals surface area contributed by atoms with E-state index in [4.69, 9.17) is 17.0 Å². The Balaban J connectivity index is 1.02. The number of thioether (sulfide) groups is 1. The summed E-state index contributed by atoms with van der Waals surface area (Å²) in [7, 11) is 0. The first-order valence-electron chi connectivity index (χ1n) is 15.5. The van der Waals surface area contributed by atoms with E-state index in [9.17, 15) is 19.5 Å². The molecule has 0 bridgehead atoms. The standard InChI is InChI=1S/C33H42N4O5S2/c1-33(2)30(39)36(25-13-14-28-24(21-25)23-42-29(28)38)31(43)35(33)16-9-7-5-4-6-8-15-34-17-19-37(20-18-34,32(40)41)26-11-10-12-27(22-26)44-3/h10-14,21-22H,4-9,15-20,23H2,1-3H3/p+1. The Hall–Kier alpha value is -2.99. The number of rotatable bonds is 12. The molecule has 0 atom stereocenters. The minimum absolute atomic E-state index is 0.00873. The van der Waals surface area contributed by atoms with Crippen LogP contribution in [0.1, 0.15) is 68.3 Å². The van der Waals surface area contributed by atoms with Gasteiger partial charge in [0.05, 0.1) is 11.3 Å². The van der Waals surface area contributed by atoms with Crippen molar-refractivity contribution in [2.45, 2.75) is 69.4 Å². The lowest BCUT2D eigenvalue weighted by atomic mass is 10.0. The van der Waals surface area contributed by atoms with Crippen molar-refractivity contribution in [2.75, 3.05) is 50.4 Å². The van der Waals surface area contributed by atoms with Gasteiger partial charge in [0.2, 0.25) is 0 Å². The van der Waals surface area contributed by atoms with E-state index in [1.54, 1.807) is 28.8 Å². The predicted molar refractivity (Wildman–Crippen MR) is 178 cm³/mol. The van der Waals surface area contributed by atoms with Gasteiger partial charge in [0.1, 0.15) is 30.9 Å². The van der Waals surface area contributed by atoms with Crippen LogP contribution in [0.2, 0.25) is 0 Å². The average molecular weight is 640 g/mol. The highest BCUT2D eigenvalue weighted by Crippen LogP contribution is 2.35. The fourth-order valence-electron chi connectivity index (χ4n) is 6.52. The van der Waals surface area contributed by atoms with Crippen molar-refractivity contribution >= 4 is 58.4 Å². The van der Waals surface area contributed by atoms with E-state index in [1.807, 2.05) is 55.3 Å². The van der Waals surface area contributed by atoms with Crippen LogP contribution in [-0.4, -0.2) is 89.1 Å². The highest BCUT2D eigenvalue weighted by Gasteiger charge is 2.49. The molecule has 3 heterocycles. The number of unbranched alkanes of at least 4 members (excludes halogenated alkanes) is 5. The van der Waals surface area contributed by atoms with Gasteiger partial charge in [-0.3, -0.25) is 14.6 Å². The SMILES string of the molecule is CSc1cccc([N+]2(C(=O)O)CCN(CCCCCCCCN3C(=S)N(c4ccc5c(c4)COC5=O)C(=O)C3(C)C)CC2)c1. The van der Waals surface area contributed by atoms with Crippen LogP contribution in [0.25, 0.3) is 0 Å². The number of carboxylic acid groups (broad SMARTS) is 1. The maximum absolute atomic E-state index is 13.4. The summed E-state index contributed by atoms with van der Waals surface area (Å²) >= 11 is 7.42. The number of amides is 2. The van der Waals surface area contributed by atoms with Crippen molar-refractivity contribution in [3.63, 3.8) is 0 Å². The molecule has 2 amide bonds. The van der Waals surface area contributed by atoms with E-state index in [1.165, 1.54) is 0 Å². The second kappa shape index (κ2) is 13.6. The van der Waals surface area contributed by atoms with Crippen LogP contribution >= 0.6 is 24.0 Å². The highest BCUT2D eigenvalue weighted by atomic mass is 32.2. The Labute approximate surface area is 269 Å². The number of thiocarbonyl (C=S) groups is 1. The first-order chi connectivity index (χ1) is 21.1. The largest absolute Gasteiger partial charge is 0.518 e. The minimum atomic E-state index is -0.769. The molecular weight excluding hydrogens is 597 g/mol. The Morgan fingerprint density at radius 1 is 1.00 bits per heavy atom. The number of quaternary nitrogens is 1. The molecule has 236 valence electrons. The summed E-state index contributed by atoms with van der Waals surface area (Å²) in [4.78, 5) is 44.7. The Morgan fingerprint density at radius 3 is 2.36 bits per heavy atom. The number of hydrogen-bond acceptors (Lipinski definition) is 7. The van der Waals surface area contributed by atoms with Gasteiger partial charge in [-0.05, 0) is 82.0 Å². The molecule has 11 heteroatoms. The van der Waals surface area contributed by atoms with E-state index in [0.717, 1.165) is 80.9 Å². The maximum Gasteiger partial charge on any atom is 0.518 e. The second-order valence-electron chi connectivity index (χ2n) is 12.4. The molecule has 44 heavy (non-hydrogen) atoms. The molecule has 0 spiro atoms. The molecule has 2 aromatic carbocycles. The first kappa shape index (κ1) is 32.4. The van der Waals surface area contributed by atoms with Crippen LogP contribution in [0.3, 0.4) is 0 Å². The van der Waals surface area contributed by atoms with Crippen LogP contribution in [0.15, 0.2) is 47.4 Å². The van der Waals surface area contributed by atoms with Crippen LogP contribution in [-0.2, 0) is 16.1 Å². The number of benzene rings is 2. The molecule has 2 saturated heterocycles. The summed E-state index contributed by atoms with van der Waals surface area (Å²) in [5, 5.41) is 10.6. The molecular formula is C33H43N4O5S2+. The van der Waals surface area contributed by atoms with Crippen molar-refractivity contribution in [2.24, 2.45) is 0 Å². The summed E-state index contributed by atoms with van der Waals surface area (Å²) in [6, 6.07) is 13.3. The summed E-state index contributed by atoms with van der Waals surface area (Å²) in [5.74, 6) is -0.386. The lowest BCUT2D eigenvalue weighted by Gasteiger charge is -2.40. The normalized spacial score (nSPS) is 19.4. The maximum atomic E-state index is 13.4. The van der Waals surface area contributed by atoms with Crippen molar-refractivity contribution in [3.8, 4) is 0 Å². The second-order valence-corrected chi connectivity index (χ2v) is 13.7. The van der Waals surface area contributed by atoms with Crippen molar-refractivity contribution in [1.82, 2.24) is 14.3 Å². The number of fused-ring (bicyclic) bond motifs is 1. The quantitative estimate of drug-likeness (QED) is 0.0968. The van der Waals surface area contributed by atoms with E-state index in [2.05, 4.69) is 4.90 Å². The van der Waals surface area contributed by atoms with Gasteiger partial charge in [-0.25, -0.2) is 4.79 Å². The third kappa shape index (κ3) is 6.38. The van der Waals surface area contributed by atoms with Gasteiger partial charge in [-0.15, -0.1) is 11.8 Å². The van der Waals surface area contributed by atoms with E-state index < -0.39 is 11.6 Å². The Bertz CT molecular complexity index is 1420. The number of carbonyl (C=O) groups excluding carboxylic acids is 2. The van der Waals surface area contributed by atoms with E-state index in [-0.39, 0.29) is 23.0 Å². The summed E-state index contributed by atoms with van der Waals surface area (Å²) in [6.45, 7) is 8.53. The molecule has 0 aromatic heterocycles. The number of carbonyl (C=O) groups is 3. The molecule has 3 aliphatic rings. The van der Waals surface area contributed by atoms with Gasteiger partial charge in [-0.2, -0.15) is 9.28 Å². The fraction of sp³-hybridized carbons (Fsp3) is 0.515. The van der Waals surface area contributed by atoms with Gasteiger partial charge >= 0.3 is 12.1 Å². The summed E-state index contributed by atoms with van der Waals surface area (Å²) in [5.41, 5.74) is 2.15. The summed E-state index contributed by atoms with van der Waals surface area (Å²) in [6.07, 6.45) is 7.81. The molecule has 9 nitrogen and oxygen atoms in total. The van der Waals surface area contributed by atoms with Crippen LogP contribution < -0.4 is 9.38 Å². The molecule has 0 radical (unpaired) electrons. The molecule has 2 fully saturated rings. The minimum Gasteiger partial charge on any atom is -0.457 e. The van der Waals surface area contributed by atoms with Crippen LogP contribution in [0.4, 0.5) is 16.2 Å². The number of ether oxygens (including phenoxy) is 1. The number of nitrogens with zero attached hydrogens (tertiary/aromatic N) is 4. The topological polar surface area (TPSA) is 90.4 Å². The zero-order valence-electron chi connectivity index (χ0n) is 25.9.